The Morgan fingerprint density at radius 3 is 2.55 bits per heavy atom. The normalized spacial score (nSPS) is 10.9. The van der Waals surface area contributed by atoms with E-state index in [0.717, 1.165) is 16.6 Å². The van der Waals surface area contributed by atoms with Crippen molar-refractivity contribution in [1.82, 2.24) is 4.57 Å². The van der Waals surface area contributed by atoms with E-state index >= 15 is 0 Å². The van der Waals surface area contributed by atoms with Gasteiger partial charge in [0.1, 0.15) is 11.5 Å². The highest BCUT2D eigenvalue weighted by atomic mass is 19.1. The molecule has 4 heteroatoms. The van der Waals surface area contributed by atoms with Crippen molar-refractivity contribution in [3.8, 4) is 0 Å². The number of halogens is 1. The SMILES string of the molecule is Cc1ccc(NC(=O)c2cc3ccc(F)cc3n2C)cc1C. The molecule has 2 aromatic carbocycles. The number of aromatic nitrogens is 1. The summed E-state index contributed by atoms with van der Waals surface area (Å²) in [5, 5.41) is 3.73. The fourth-order valence-electron chi connectivity index (χ4n) is 2.54. The number of amides is 1. The van der Waals surface area contributed by atoms with Crippen LogP contribution in [0.2, 0.25) is 0 Å². The highest BCUT2D eigenvalue weighted by Crippen LogP contribution is 2.21. The number of fused-ring (bicyclic) bond motifs is 1. The summed E-state index contributed by atoms with van der Waals surface area (Å²) >= 11 is 0. The molecular formula is C18H17FN2O. The molecule has 3 nitrogen and oxygen atoms in total. The van der Waals surface area contributed by atoms with Crippen molar-refractivity contribution in [2.45, 2.75) is 13.8 Å². The predicted octanol–water partition coefficient (Wildman–Crippen LogP) is 4.19. The summed E-state index contributed by atoms with van der Waals surface area (Å²) in [5.41, 5.74) is 4.25. The first-order valence-electron chi connectivity index (χ1n) is 7.09. The number of anilines is 1. The van der Waals surface area contributed by atoms with E-state index in [4.69, 9.17) is 0 Å². The smallest absolute Gasteiger partial charge is 0.272 e. The van der Waals surface area contributed by atoms with Gasteiger partial charge >= 0.3 is 0 Å². The number of hydrogen-bond acceptors (Lipinski definition) is 1. The molecule has 22 heavy (non-hydrogen) atoms. The molecule has 1 N–H and O–H groups in total. The molecule has 0 saturated carbocycles. The van der Waals surface area contributed by atoms with Crippen molar-refractivity contribution in [3.63, 3.8) is 0 Å². The molecule has 0 unspecified atom stereocenters. The summed E-state index contributed by atoms with van der Waals surface area (Å²) in [7, 11) is 1.76. The molecule has 0 bridgehead atoms. The average Bonchev–Trinajstić information content (AvgIpc) is 2.80. The Bertz CT molecular complexity index is 880. The number of hydrogen-bond donors (Lipinski definition) is 1. The molecule has 112 valence electrons. The molecule has 0 fully saturated rings. The third kappa shape index (κ3) is 2.48. The first-order valence-corrected chi connectivity index (χ1v) is 7.09. The fourth-order valence-corrected chi connectivity index (χ4v) is 2.54. The van der Waals surface area contributed by atoms with Gasteiger partial charge in [0.05, 0.1) is 5.52 Å². The number of nitrogens with zero attached hydrogens (tertiary/aromatic N) is 1. The number of carbonyl (C=O) groups is 1. The first-order chi connectivity index (χ1) is 10.5. The topological polar surface area (TPSA) is 34.0 Å². The predicted molar refractivity (Wildman–Crippen MR) is 86.7 cm³/mol. The summed E-state index contributed by atoms with van der Waals surface area (Å²) in [5.74, 6) is -0.517. The van der Waals surface area contributed by atoms with Crippen molar-refractivity contribution >= 4 is 22.5 Å². The van der Waals surface area contributed by atoms with Crippen molar-refractivity contribution in [3.05, 3.63) is 65.1 Å². The van der Waals surface area contributed by atoms with Crippen LogP contribution in [0.3, 0.4) is 0 Å². The van der Waals surface area contributed by atoms with Gasteiger partial charge in [0.2, 0.25) is 0 Å². The zero-order valence-corrected chi connectivity index (χ0v) is 12.8. The third-order valence-electron chi connectivity index (χ3n) is 4.00. The van der Waals surface area contributed by atoms with Gasteiger partial charge in [0, 0.05) is 18.1 Å². The Morgan fingerprint density at radius 2 is 1.82 bits per heavy atom. The molecule has 0 aliphatic rings. The number of aryl methyl sites for hydroxylation is 3. The molecule has 0 aliphatic carbocycles. The maximum atomic E-state index is 13.3. The molecule has 0 radical (unpaired) electrons. The highest BCUT2D eigenvalue weighted by molar-refractivity contribution is 6.06. The van der Waals surface area contributed by atoms with Crippen LogP contribution in [0.5, 0.6) is 0 Å². The lowest BCUT2D eigenvalue weighted by Gasteiger charge is -2.08. The van der Waals surface area contributed by atoms with E-state index in [1.54, 1.807) is 23.7 Å². The van der Waals surface area contributed by atoms with E-state index < -0.39 is 0 Å². The van der Waals surface area contributed by atoms with Gasteiger partial charge in [0.15, 0.2) is 0 Å². The number of carbonyl (C=O) groups excluding carboxylic acids is 1. The van der Waals surface area contributed by atoms with Crippen LogP contribution in [0.1, 0.15) is 21.6 Å². The molecule has 0 spiro atoms. The van der Waals surface area contributed by atoms with E-state index in [-0.39, 0.29) is 11.7 Å². The van der Waals surface area contributed by atoms with Crippen molar-refractivity contribution in [2.24, 2.45) is 7.05 Å². The Kier molecular flexibility index (Phi) is 3.45. The summed E-state index contributed by atoms with van der Waals surface area (Å²) in [6, 6.07) is 12.1. The van der Waals surface area contributed by atoms with E-state index in [0.29, 0.717) is 11.2 Å². The minimum atomic E-state index is -0.310. The summed E-state index contributed by atoms with van der Waals surface area (Å²) in [6.45, 7) is 4.03. The van der Waals surface area contributed by atoms with Crippen LogP contribution in [0.4, 0.5) is 10.1 Å². The molecule has 3 rings (SSSR count). The summed E-state index contributed by atoms with van der Waals surface area (Å²) < 4.78 is 15.0. The van der Waals surface area contributed by atoms with Crippen LogP contribution in [-0.4, -0.2) is 10.5 Å². The van der Waals surface area contributed by atoms with Crippen molar-refractivity contribution in [1.29, 1.82) is 0 Å². The first kappa shape index (κ1) is 14.3. The van der Waals surface area contributed by atoms with Gasteiger partial charge in [-0.15, -0.1) is 0 Å². The zero-order valence-electron chi connectivity index (χ0n) is 12.8. The minimum absolute atomic E-state index is 0.206. The Morgan fingerprint density at radius 1 is 1.05 bits per heavy atom. The van der Waals surface area contributed by atoms with E-state index in [1.807, 2.05) is 32.0 Å². The second-order valence-corrected chi connectivity index (χ2v) is 5.54. The van der Waals surface area contributed by atoms with Gasteiger partial charge in [-0.3, -0.25) is 4.79 Å². The fraction of sp³-hybridized carbons (Fsp3) is 0.167. The van der Waals surface area contributed by atoms with Crippen LogP contribution in [0.25, 0.3) is 10.9 Å². The molecule has 0 atom stereocenters. The minimum Gasteiger partial charge on any atom is -0.340 e. The van der Waals surface area contributed by atoms with Crippen molar-refractivity contribution in [2.75, 3.05) is 5.32 Å². The molecule has 1 amide bonds. The quantitative estimate of drug-likeness (QED) is 0.756. The van der Waals surface area contributed by atoms with E-state index in [9.17, 15) is 9.18 Å². The monoisotopic (exact) mass is 296 g/mol. The Labute approximate surface area is 128 Å². The van der Waals surface area contributed by atoms with Crippen LogP contribution < -0.4 is 5.32 Å². The van der Waals surface area contributed by atoms with Gasteiger partial charge < -0.3 is 9.88 Å². The Hall–Kier alpha value is -2.62. The van der Waals surface area contributed by atoms with Gasteiger partial charge in [-0.25, -0.2) is 4.39 Å². The van der Waals surface area contributed by atoms with Gasteiger partial charge in [0.25, 0.3) is 5.91 Å². The Balaban J connectivity index is 1.95. The van der Waals surface area contributed by atoms with Gasteiger partial charge in [-0.1, -0.05) is 6.07 Å². The lowest BCUT2D eigenvalue weighted by atomic mass is 10.1. The van der Waals surface area contributed by atoms with Crippen LogP contribution in [0.15, 0.2) is 42.5 Å². The molecular weight excluding hydrogens is 279 g/mol. The molecule has 3 aromatic rings. The number of rotatable bonds is 2. The third-order valence-corrected chi connectivity index (χ3v) is 4.00. The number of benzene rings is 2. The summed E-state index contributed by atoms with van der Waals surface area (Å²) in [6.07, 6.45) is 0. The molecule has 0 saturated heterocycles. The van der Waals surface area contributed by atoms with E-state index in [1.165, 1.54) is 17.7 Å². The summed E-state index contributed by atoms with van der Waals surface area (Å²) in [4.78, 5) is 12.5. The van der Waals surface area contributed by atoms with E-state index in [2.05, 4.69) is 5.32 Å². The lowest BCUT2D eigenvalue weighted by molar-refractivity contribution is 0.101. The lowest BCUT2D eigenvalue weighted by Crippen LogP contribution is -2.15. The van der Waals surface area contributed by atoms with Crippen molar-refractivity contribution < 1.29 is 9.18 Å². The van der Waals surface area contributed by atoms with Gasteiger partial charge in [-0.2, -0.15) is 0 Å². The largest absolute Gasteiger partial charge is 0.340 e. The average molecular weight is 296 g/mol. The number of nitrogens with one attached hydrogen (secondary N) is 1. The molecule has 1 aromatic heterocycles. The maximum Gasteiger partial charge on any atom is 0.272 e. The maximum absolute atomic E-state index is 13.3. The second-order valence-electron chi connectivity index (χ2n) is 5.54. The second kappa shape index (κ2) is 5.30. The van der Waals surface area contributed by atoms with Gasteiger partial charge in [-0.05, 0) is 61.4 Å². The standard InChI is InChI=1S/C18H17FN2O/c1-11-4-7-15(8-12(11)2)20-18(22)17-9-13-5-6-14(19)10-16(13)21(17)3/h4-10H,1-3H3,(H,20,22). The molecule has 0 aliphatic heterocycles. The highest BCUT2D eigenvalue weighted by Gasteiger charge is 2.14. The zero-order chi connectivity index (χ0) is 15.9. The van der Waals surface area contributed by atoms with Crippen LogP contribution >= 0.6 is 0 Å². The molecule has 1 heterocycles. The van der Waals surface area contributed by atoms with Crippen LogP contribution in [-0.2, 0) is 7.05 Å². The van der Waals surface area contributed by atoms with Crippen LogP contribution in [0, 0.1) is 19.7 Å².